The molecule has 0 saturated heterocycles. The Kier molecular flexibility index (Phi) is 8.42. The number of esters is 1. The second-order valence-electron chi connectivity index (χ2n) is 4.77. The second-order valence-corrected chi connectivity index (χ2v) is 5.60. The first-order valence-electron chi connectivity index (χ1n) is 6.86. The van der Waals surface area contributed by atoms with E-state index >= 15 is 0 Å². The van der Waals surface area contributed by atoms with E-state index in [0.717, 1.165) is 5.56 Å². The molecule has 8 heteroatoms. The molecule has 2 rings (SSSR count). The van der Waals surface area contributed by atoms with E-state index in [1.54, 1.807) is 13.0 Å². The predicted molar refractivity (Wildman–Crippen MR) is 78.8 cm³/mol. The van der Waals surface area contributed by atoms with Crippen molar-refractivity contribution in [3.05, 3.63) is 48.2 Å². The molecule has 1 aromatic rings. The van der Waals surface area contributed by atoms with Crippen molar-refractivity contribution in [3.8, 4) is 0 Å². The van der Waals surface area contributed by atoms with Gasteiger partial charge in [0.05, 0.1) is 30.2 Å². The van der Waals surface area contributed by atoms with Gasteiger partial charge in [-0.3, -0.25) is 13.8 Å². The minimum absolute atomic E-state index is 0. The molecule has 1 amide bonds. The van der Waals surface area contributed by atoms with Crippen LogP contribution in [0.5, 0.6) is 0 Å². The van der Waals surface area contributed by atoms with Crippen LogP contribution in [0.15, 0.2) is 42.6 Å². The molecule has 1 aliphatic rings. The van der Waals surface area contributed by atoms with Crippen molar-refractivity contribution >= 4 is 23.1 Å². The van der Waals surface area contributed by atoms with Gasteiger partial charge in [-0.1, -0.05) is 36.4 Å². The number of carbonyl (C=O) groups is 2. The number of allylic oxidation sites excluding steroid dienone is 1. The van der Waals surface area contributed by atoms with Gasteiger partial charge in [0.2, 0.25) is 5.91 Å². The molecule has 0 bridgehead atoms. The number of hydrogen-bond acceptors (Lipinski definition) is 5. The first-order chi connectivity index (χ1) is 10.5. The molecule has 0 fully saturated rings. The predicted octanol–water partition coefficient (Wildman–Crippen LogP) is 1.49. The quantitative estimate of drug-likeness (QED) is 0.585. The molecule has 1 aliphatic heterocycles. The van der Waals surface area contributed by atoms with Crippen LogP contribution in [-0.4, -0.2) is 31.6 Å². The van der Waals surface area contributed by atoms with Crippen molar-refractivity contribution in [2.75, 3.05) is 6.61 Å². The third-order valence-corrected chi connectivity index (χ3v) is 4.06. The van der Waals surface area contributed by atoms with Crippen LogP contribution < -0.4 is 0 Å². The summed E-state index contributed by atoms with van der Waals surface area (Å²) in [6.07, 6.45) is 2.69. The number of rotatable bonds is 5. The Labute approximate surface area is 167 Å². The SMILES string of the molecule is CCOC(=O)C[C@H]1C(=O)N(S(=O)[O-])C=C[C@H]1c1ccccc1.[Ar]. The molecule has 6 nitrogen and oxygen atoms in total. The summed E-state index contributed by atoms with van der Waals surface area (Å²) in [7, 11) is 0. The van der Waals surface area contributed by atoms with Crippen LogP contribution >= 0.6 is 0 Å². The molecule has 0 spiro atoms. The van der Waals surface area contributed by atoms with E-state index in [2.05, 4.69) is 0 Å². The average Bonchev–Trinajstić information content (AvgIpc) is 2.50. The normalized spacial score (nSPS) is 21.5. The fourth-order valence-electron chi connectivity index (χ4n) is 2.45. The number of hydrogen-bond donors (Lipinski definition) is 0. The van der Waals surface area contributed by atoms with Gasteiger partial charge in [0.15, 0.2) is 0 Å². The van der Waals surface area contributed by atoms with E-state index in [9.17, 15) is 18.4 Å². The molecule has 0 aromatic heterocycles. The van der Waals surface area contributed by atoms with Gasteiger partial charge >= 0.3 is 5.97 Å². The molecule has 1 aromatic carbocycles. The average molecular weight is 362 g/mol. The summed E-state index contributed by atoms with van der Waals surface area (Å²) in [4.78, 5) is 24.1. The third-order valence-electron chi connectivity index (χ3n) is 3.43. The summed E-state index contributed by atoms with van der Waals surface area (Å²) < 4.78 is 27.7. The number of nitrogens with zero attached hydrogens (tertiary/aromatic N) is 1. The van der Waals surface area contributed by atoms with Crippen molar-refractivity contribution in [1.82, 2.24) is 4.31 Å². The minimum atomic E-state index is -2.70. The van der Waals surface area contributed by atoms with Crippen molar-refractivity contribution < 1.29 is 60.8 Å². The smallest absolute Gasteiger partial charge is 0.306 e. The summed E-state index contributed by atoms with van der Waals surface area (Å²) in [5.41, 5.74) is 0.845. The Morgan fingerprint density at radius 2 is 2.00 bits per heavy atom. The maximum absolute atomic E-state index is 12.4. The molecule has 0 radical (unpaired) electrons. The Hall–Kier alpha value is -0.730. The van der Waals surface area contributed by atoms with Crippen molar-refractivity contribution in [1.29, 1.82) is 0 Å². The van der Waals surface area contributed by atoms with Gasteiger partial charge in [0.1, 0.15) is 0 Å². The van der Waals surface area contributed by atoms with E-state index < -0.39 is 29.1 Å². The van der Waals surface area contributed by atoms with Gasteiger partial charge in [-0.05, 0) is 12.5 Å². The van der Waals surface area contributed by atoms with Crippen LogP contribution in [-0.2, 0) is 25.6 Å². The first kappa shape index (κ1) is 20.3. The van der Waals surface area contributed by atoms with Crippen molar-refractivity contribution in [3.63, 3.8) is 0 Å². The standard InChI is InChI=1S/C15H17NO5S.Ar/c1-2-21-14(17)10-13-12(11-6-4-3-5-7-11)8-9-16(15(13)18)22(19)20;/h3-9,12-13H,2,10H2,1H3,(H,19,20);/p-1/t12-,13+;/m0./s1. The van der Waals surface area contributed by atoms with E-state index in [4.69, 9.17) is 4.74 Å². The van der Waals surface area contributed by atoms with Crippen molar-refractivity contribution in [2.24, 2.45) is 5.92 Å². The molecule has 126 valence electrons. The van der Waals surface area contributed by atoms with Gasteiger partial charge in [-0.25, -0.2) is 4.31 Å². The third kappa shape index (κ3) is 5.12. The Morgan fingerprint density at radius 1 is 1.35 bits per heavy atom. The molecule has 0 saturated carbocycles. The largest absolute Gasteiger partial charge is 0.755 e. The topological polar surface area (TPSA) is 86.7 Å². The summed E-state index contributed by atoms with van der Waals surface area (Å²) in [6.45, 7) is 1.89. The van der Waals surface area contributed by atoms with Crippen molar-refractivity contribution in [2.45, 2.75) is 19.3 Å². The molecule has 0 aliphatic carbocycles. The maximum Gasteiger partial charge on any atom is 0.306 e. The van der Waals surface area contributed by atoms with Crippen LogP contribution in [0.2, 0.25) is 0 Å². The Balaban J connectivity index is 0.00000264. The van der Waals surface area contributed by atoms with E-state index in [1.807, 2.05) is 30.3 Å². The Morgan fingerprint density at radius 3 is 2.57 bits per heavy atom. The molecule has 1 unspecified atom stereocenters. The van der Waals surface area contributed by atoms with Crippen LogP contribution in [0.25, 0.3) is 0 Å². The number of ether oxygens (including phenoxy) is 1. The first-order valence-corrected chi connectivity index (χ1v) is 7.89. The van der Waals surface area contributed by atoms with Gasteiger partial charge in [-0.15, -0.1) is 0 Å². The molecule has 3 atom stereocenters. The van der Waals surface area contributed by atoms with Gasteiger partial charge in [-0.2, -0.15) is 0 Å². The minimum Gasteiger partial charge on any atom is -0.755 e. The summed E-state index contributed by atoms with van der Waals surface area (Å²) in [5, 5.41) is 0. The number of benzene rings is 1. The van der Waals surface area contributed by atoms with Gasteiger partial charge in [0.25, 0.3) is 0 Å². The zero-order chi connectivity index (χ0) is 16.1. The summed E-state index contributed by atoms with van der Waals surface area (Å²) >= 11 is -2.70. The molecule has 1 heterocycles. The van der Waals surface area contributed by atoms with Crippen LogP contribution in [0.4, 0.5) is 0 Å². The van der Waals surface area contributed by atoms with Gasteiger partial charge in [0, 0.05) is 49.9 Å². The fraction of sp³-hybridized carbons (Fsp3) is 0.333. The van der Waals surface area contributed by atoms with Crippen LogP contribution in [0, 0.1) is 43.7 Å². The summed E-state index contributed by atoms with van der Waals surface area (Å²) in [6, 6.07) is 9.17. The summed E-state index contributed by atoms with van der Waals surface area (Å²) in [5.74, 6) is -2.31. The fourth-order valence-corrected chi connectivity index (χ4v) is 2.90. The molecular formula is C15H16ArNO5S-. The van der Waals surface area contributed by atoms with E-state index in [1.165, 1.54) is 6.20 Å². The maximum atomic E-state index is 12.4. The van der Waals surface area contributed by atoms with Gasteiger partial charge < -0.3 is 9.29 Å². The second kappa shape index (κ2) is 9.54. The monoisotopic (exact) mass is 362 g/mol. The number of carbonyl (C=O) groups excluding carboxylic acids is 2. The molecular weight excluding hydrogens is 346 g/mol. The van der Waals surface area contributed by atoms with Crippen LogP contribution in [0.1, 0.15) is 24.8 Å². The zero-order valence-corrected chi connectivity index (χ0v) is 13.9. The number of amides is 1. The van der Waals surface area contributed by atoms with E-state index in [-0.39, 0.29) is 56.7 Å². The van der Waals surface area contributed by atoms with E-state index in [0.29, 0.717) is 4.31 Å². The molecule has 23 heavy (non-hydrogen) atoms. The zero-order valence-electron chi connectivity index (χ0n) is 12.4. The molecule has 0 N–H and O–H groups in total. The Bertz CT molecular complexity index is 607. The van der Waals surface area contributed by atoms with Crippen LogP contribution in [0.3, 0.4) is 0 Å².